The van der Waals surface area contributed by atoms with E-state index in [1.807, 2.05) is 41.8 Å². The number of hydrogen-bond acceptors (Lipinski definition) is 5. The SMILES string of the molecule is N[C@@H](CC[C@@H](Cc1ccccc1)NC(=O)OCc1nccs1)Cc1ccccc1. The van der Waals surface area contributed by atoms with Crippen LogP contribution >= 0.6 is 11.3 Å². The van der Waals surface area contributed by atoms with Gasteiger partial charge in [-0.2, -0.15) is 0 Å². The number of carbonyl (C=O) groups excluding carboxylic acids is 1. The van der Waals surface area contributed by atoms with Gasteiger partial charge in [0.05, 0.1) is 0 Å². The van der Waals surface area contributed by atoms with Crippen molar-refractivity contribution >= 4 is 17.4 Å². The maximum atomic E-state index is 12.3. The number of alkyl carbamates (subject to hydrolysis) is 1. The van der Waals surface area contributed by atoms with E-state index in [9.17, 15) is 4.79 Å². The van der Waals surface area contributed by atoms with Crippen LogP contribution in [0.5, 0.6) is 0 Å². The van der Waals surface area contributed by atoms with E-state index in [1.54, 1.807) is 6.20 Å². The highest BCUT2D eigenvalue weighted by molar-refractivity contribution is 7.09. The Bertz CT molecular complexity index is 841. The first-order valence-corrected chi connectivity index (χ1v) is 10.7. The van der Waals surface area contributed by atoms with Crippen molar-refractivity contribution in [3.05, 3.63) is 88.4 Å². The molecule has 1 heterocycles. The number of ether oxygens (including phenoxy) is 1. The van der Waals surface area contributed by atoms with Crippen molar-refractivity contribution in [2.75, 3.05) is 0 Å². The standard InChI is InChI=1S/C23H27N3O2S/c24-20(15-18-7-3-1-4-8-18)11-12-21(16-19-9-5-2-6-10-19)26-23(27)28-17-22-25-13-14-29-22/h1-10,13-14,20-21H,11-12,15-17,24H2,(H,26,27)/t20-,21-/m0/s1. The van der Waals surface area contributed by atoms with Crippen LogP contribution in [0.4, 0.5) is 4.79 Å². The zero-order chi connectivity index (χ0) is 20.3. The van der Waals surface area contributed by atoms with Crippen molar-refractivity contribution in [3.63, 3.8) is 0 Å². The van der Waals surface area contributed by atoms with E-state index in [-0.39, 0.29) is 18.7 Å². The van der Waals surface area contributed by atoms with Gasteiger partial charge < -0.3 is 15.8 Å². The van der Waals surface area contributed by atoms with Crippen molar-refractivity contribution in [2.45, 2.75) is 44.4 Å². The number of nitrogens with one attached hydrogen (secondary N) is 1. The van der Waals surface area contributed by atoms with Gasteiger partial charge in [0.2, 0.25) is 0 Å². The predicted octanol–water partition coefficient (Wildman–Crippen LogP) is 4.33. The highest BCUT2D eigenvalue weighted by Gasteiger charge is 2.16. The quantitative estimate of drug-likeness (QED) is 0.522. The minimum Gasteiger partial charge on any atom is -0.442 e. The third-order valence-electron chi connectivity index (χ3n) is 4.68. The van der Waals surface area contributed by atoms with E-state index >= 15 is 0 Å². The van der Waals surface area contributed by atoms with Gasteiger partial charge in [0.1, 0.15) is 11.6 Å². The van der Waals surface area contributed by atoms with Crippen LogP contribution in [0.25, 0.3) is 0 Å². The fourth-order valence-corrected chi connectivity index (χ4v) is 3.75. The first-order chi connectivity index (χ1) is 14.2. The number of nitrogens with two attached hydrogens (primary N) is 1. The van der Waals surface area contributed by atoms with Gasteiger partial charge in [-0.1, -0.05) is 60.7 Å². The molecule has 0 saturated carbocycles. The molecule has 152 valence electrons. The summed E-state index contributed by atoms with van der Waals surface area (Å²) in [6.45, 7) is 0.190. The zero-order valence-corrected chi connectivity index (χ0v) is 17.2. The summed E-state index contributed by atoms with van der Waals surface area (Å²) in [4.78, 5) is 16.4. The molecule has 0 spiro atoms. The van der Waals surface area contributed by atoms with Crippen molar-refractivity contribution < 1.29 is 9.53 Å². The Morgan fingerprint density at radius 3 is 2.28 bits per heavy atom. The van der Waals surface area contributed by atoms with Crippen molar-refractivity contribution in [3.8, 4) is 0 Å². The Hall–Kier alpha value is -2.70. The number of nitrogens with zero attached hydrogens (tertiary/aromatic N) is 1. The minimum absolute atomic E-state index is 0.0389. The minimum atomic E-state index is -0.419. The zero-order valence-electron chi connectivity index (χ0n) is 16.4. The van der Waals surface area contributed by atoms with Crippen LogP contribution < -0.4 is 11.1 Å². The van der Waals surface area contributed by atoms with Crippen LogP contribution in [0.15, 0.2) is 72.2 Å². The monoisotopic (exact) mass is 409 g/mol. The number of aromatic nitrogens is 1. The number of thiazole rings is 1. The molecule has 1 amide bonds. The van der Waals surface area contributed by atoms with Crippen molar-refractivity contribution in [2.24, 2.45) is 5.73 Å². The van der Waals surface area contributed by atoms with Crippen LogP contribution in [-0.2, 0) is 24.2 Å². The second kappa shape index (κ2) is 11.3. The fraction of sp³-hybridized carbons (Fsp3) is 0.304. The molecule has 3 rings (SSSR count). The third kappa shape index (κ3) is 7.68. The Labute approximate surface area is 175 Å². The van der Waals surface area contributed by atoms with E-state index in [4.69, 9.17) is 10.5 Å². The van der Waals surface area contributed by atoms with Gasteiger partial charge in [-0.25, -0.2) is 9.78 Å². The average Bonchev–Trinajstić information content (AvgIpc) is 3.26. The molecule has 2 aromatic carbocycles. The Morgan fingerprint density at radius 1 is 1.00 bits per heavy atom. The summed E-state index contributed by atoms with van der Waals surface area (Å²) in [6.07, 6.45) is 4.46. The highest BCUT2D eigenvalue weighted by Crippen LogP contribution is 2.12. The number of benzene rings is 2. The molecule has 0 bridgehead atoms. The van der Waals surface area contributed by atoms with Crippen LogP contribution in [0, 0.1) is 0 Å². The summed E-state index contributed by atoms with van der Waals surface area (Å²) in [5.41, 5.74) is 8.76. The highest BCUT2D eigenvalue weighted by atomic mass is 32.1. The molecule has 0 aliphatic carbocycles. The van der Waals surface area contributed by atoms with Crippen LogP contribution in [0.2, 0.25) is 0 Å². The molecule has 3 N–H and O–H groups in total. The molecule has 0 radical (unpaired) electrons. The molecule has 0 unspecified atom stereocenters. The first kappa shape index (κ1) is 21.0. The smallest absolute Gasteiger partial charge is 0.407 e. The number of amides is 1. The summed E-state index contributed by atoms with van der Waals surface area (Å²) < 4.78 is 5.32. The number of hydrogen-bond donors (Lipinski definition) is 2. The molecule has 0 aliphatic rings. The van der Waals surface area contributed by atoms with Crippen LogP contribution in [0.3, 0.4) is 0 Å². The number of rotatable bonds is 10. The second-order valence-corrected chi connectivity index (χ2v) is 8.04. The number of carbonyl (C=O) groups is 1. The lowest BCUT2D eigenvalue weighted by molar-refractivity contribution is 0.134. The van der Waals surface area contributed by atoms with Gasteiger partial charge in [0.25, 0.3) is 0 Å². The molecule has 2 atom stereocenters. The fourth-order valence-electron chi connectivity index (χ4n) is 3.22. The molecule has 1 aromatic heterocycles. The molecular weight excluding hydrogens is 382 g/mol. The summed E-state index contributed by atoms with van der Waals surface area (Å²) in [7, 11) is 0. The van der Waals surface area contributed by atoms with Gasteiger partial charge in [-0.3, -0.25) is 0 Å². The Balaban J connectivity index is 1.52. The molecule has 5 nitrogen and oxygen atoms in total. The normalized spacial score (nSPS) is 12.9. The topological polar surface area (TPSA) is 77.2 Å². The lowest BCUT2D eigenvalue weighted by Crippen LogP contribution is -2.38. The molecule has 0 aliphatic heterocycles. The lowest BCUT2D eigenvalue weighted by Gasteiger charge is -2.21. The van der Waals surface area contributed by atoms with E-state index in [1.165, 1.54) is 22.5 Å². The third-order valence-corrected chi connectivity index (χ3v) is 5.44. The Kier molecular flexibility index (Phi) is 8.22. The van der Waals surface area contributed by atoms with Gasteiger partial charge in [-0.05, 0) is 36.8 Å². The maximum absolute atomic E-state index is 12.3. The van der Waals surface area contributed by atoms with E-state index < -0.39 is 6.09 Å². The van der Waals surface area contributed by atoms with Crippen LogP contribution in [0.1, 0.15) is 29.0 Å². The summed E-state index contributed by atoms with van der Waals surface area (Å²) in [6, 6.07) is 20.4. The van der Waals surface area contributed by atoms with E-state index in [0.717, 1.165) is 30.7 Å². The summed E-state index contributed by atoms with van der Waals surface area (Å²) in [5, 5.41) is 5.65. The summed E-state index contributed by atoms with van der Waals surface area (Å²) in [5.74, 6) is 0. The second-order valence-electron chi connectivity index (χ2n) is 7.06. The van der Waals surface area contributed by atoms with Gasteiger partial charge in [0.15, 0.2) is 0 Å². The molecule has 6 heteroatoms. The summed E-state index contributed by atoms with van der Waals surface area (Å²) >= 11 is 1.47. The van der Waals surface area contributed by atoms with E-state index in [2.05, 4.69) is 34.6 Å². The lowest BCUT2D eigenvalue weighted by atomic mass is 9.96. The molecule has 0 saturated heterocycles. The van der Waals surface area contributed by atoms with Gasteiger partial charge in [0, 0.05) is 23.7 Å². The molecular formula is C23H27N3O2S. The molecule has 3 aromatic rings. The van der Waals surface area contributed by atoms with Crippen LogP contribution in [-0.4, -0.2) is 23.2 Å². The van der Waals surface area contributed by atoms with Crippen molar-refractivity contribution in [1.29, 1.82) is 0 Å². The van der Waals surface area contributed by atoms with Crippen molar-refractivity contribution in [1.82, 2.24) is 10.3 Å². The predicted molar refractivity (Wildman–Crippen MR) is 117 cm³/mol. The average molecular weight is 410 g/mol. The largest absolute Gasteiger partial charge is 0.442 e. The first-order valence-electron chi connectivity index (χ1n) is 9.84. The van der Waals surface area contributed by atoms with Gasteiger partial charge >= 0.3 is 6.09 Å². The molecule has 0 fully saturated rings. The maximum Gasteiger partial charge on any atom is 0.407 e. The Morgan fingerprint density at radius 2 is 1.66 bits per heavy atom. The van der Waals surface area contributed by atoms with Gasteiger partial charge in [-0.15, -0.1) is 11.3 Å². The molecule has 29 heavy (non-hydrogen) atoms. The van der Waals surface area contributed by atoms with E-state index in [0.29, 0.717) is 0 Å².